The van der Waals surface area contributed by atoms with Gasteiger partial charge >= 0.3 is 0 Å². The molecular formula is C8H9Cl2N3. The van der Waals surface area contributed by atoms with Gasteiger partial charge in [-0.2, -0.15) is 0 Å². The molecule has 0 radical (unpaired) electrons. The van der Waals surface area contributed by atoms with Crippen LogP contribution in [0.2, 0.25) is 10.4 Å². The summed E-state index contributed by atoms with van der Waals surface area (Å²) in [5, 5.41) is 3.50. The molecule has 0 aliphatic carbocycles. The molecule has 0 spiro atoms. The fourth-order valence-corrected chi connectivity index (χ4v) is 1.13. The molecule has 0 fully saturated rings. The normalized spacial score (nSPS) is 11.0. The minimum Gasteiger partial charge on any atom is -0.316 e. The van der Waals surface area contributed by atoms with Crippen molar-refractivity contribution in [3.8, 4) is 0 Å². The van der Waals surface area contributed by atoms with Gasteiger partial charge in [0.15, 0.2) is 0 Å². The van der Waals surface area contributed by atoms with Crippen LogP contribution in [0.25, 0.3) is 6.08 Å². The Balaban J connectivity index is 2.77. The molecule has 70 valence electrons. The van der Waals surface area contributed by atoms with E-state index in [-0.39, 0.29) is 5.28 Å². The third-order valence-electron chi connectivity index (χ3n) is 1.36. The van der Waals surface area contributed by atoms with Crippen LogP contribution in [0.1, 0.15) is 5.56 Å². The van der Waals surface area contributed by atoms with E-state index in [0.29, 0.717) is 5.15 Å². The number of nitrogens with one attached hydrogen (secondary N) is 1. The summed E-state index contributed by atoms with van der Waals surface area (Å²) in [7, 11) is 1.87. The maximum atomic E-state index is 5.80. The van der Waals surface area contributed by atoms with Gasteiger partial charge in [-0.1, -0.05) is 23.8 Å². The van der Waals surface area contributed by atoms with Crippen molar-refractivity contribution < 1.29 is 0 Å². The summed E-state index contributed by atoms with van der Waals surface area (Å²) in [5.74, 6) is 0. The monoisotopic (exact) mass is 217 g/mol. The second-order valence-corrected chi connectivity index (χ2v) is 3.04. The molecule has 13 heavy (non-hydrogen) atoms. The Morgan fingerprint density at radius 1 is 1.54 bits per heavy atom. The number of hydrogen-bond donors (Lipinski definition) is 1. The third-order valence-corrected chi connectivity index (χ3v) is 1.84. The van der Waals surface area contributed by atoms with Gasteiger partial charge in [0.25, 0.3) is 0 Å². The fourth-order valence-electron chi connectivity index (χ4n) is 0.766. The number of rotatable bonds is 3. The summed E-state index contributed by atoms with van der Waals surface area (Å²) in [4.78, 5) is 7.62. The molecule has 0 unspecified atom stereocenters. The van der Waals surface area contributed by atoms with Crippen molar-refractivity contribution in [2.24, 2.45) is 0 Å². The second kappa shape index (κ2) is 5.17. The first-order valence-electron chi connectivity index (χ1n) is 3.73. The van der Waals surface area contributed by atoms with Crippen molar-refractivity contribution >= 4 is 29.3 Å². The molecule has 1 aromatic heterocycles. The van der Waals surface area contributed by atoms with Crippen molar-refractivity contribution in [2.45, 2.75) is 0 Å². The third kappa shape index (κ3) is 3.30. The van der Waals surface area contributed by atoms with E-state index < -0.39 is 0 Å². The van der Waals surface area contributed by atoms with E-state index in [1.54, 1.807) is 6.20 Å². The van der Waals surface area contributed by atoms with Crippen molar-refractivity contribution in [1.29, 1.82) is 0 Å². The van der Waals surface area contributed by atoms with Crippen LogP contribution in [0.3, 0.4) is 0 Å². The summed E-state index contributed by atoms with van der Waals surface area (Å²) in [5.41, 5.74) is 0.765. The molecule has 0 amide bonds. The Kier molecular flexibility index (Phi) is 4.15. The molecule has 1 rings (SSSR count). The lowest BCUT2D eigenvalue weighted by atomic mass is 10.3. The fraction of sp³-hybridized carbons (Fsp3) is 0.250. The highest BCUT2D eigenvalue weighted by molar-refractivity contribution is 6.32. The van der Waals surface area contributed by atoms with Crippen LogP contribution >= 0.6 is 23.2 Å². The van der Waals surface area contributed by atoms with E-state index in [0.717, 1.165) is 12.1 Å². The van der Waals surface area contributed by atoms with Crippen LogP contribution in [-0.4, -0.2) is 23.6 Å². The van der Waals surface area contributed by atoms with E-state index in [1.165, 1.54) is 0 Å². The van der Waals surface area contributed by atoms with Crippen LogP contribution in [0.4, 0.5) is 0 Å². The van der Waals surface area contributed by atoms with Gasteiger partial charge in [-0.15, -0.1) is 0 Å². The molecule has 3 nitrogen and oxygen atoms in total. The van der Waals surface area contributed by atoms with Crippen molar-refractivity contribution in [3.63, 3.8) is 0 Å². The van der Waals surface area contributed by atoms with E-state index >= 15 is 0 Å². The number of likely N-dealkylation sites (N-methyl/N-ethyl adjacent to an activating group) is 1. The largest absolute Gasteiger partial charge is 0.316 e. The van der Waals surface area contributed by atoms with E-state index in [1.807, 2.05) is 19.2 Å². The Hall–Kier alpha value is -0.640. The van der Waals surface area contributed by atoms with Gasteiger partial charge in [0.1, 0.15) is 5.15 Å². The highest BCUT2D eigenvalue weighted by Crippen LogP contribution is 2.15. The molecule has 0 aliphatic rings. The zero-order chi connectivity index (χ0) is 9.68. The number of halogens is 2. The van der Waals surface area contributed by atoms with Gasteiger partial charge in [-0.25, -0.2) is 9.97 Å². The molecule has 0 bridgehead atoms. The lowest BCUT2D eigenvalue weighted by molar-refractivity contribution is 0.922. The van der Waals surface area contributed by atoms with Gasteiger partial charge in [0.2, 0.25) is 5.28 Å². The Bertz CT molecular complexity index is 312. The lowest BCUT2D eigenvalue weighted by Crippen LogP contribution is -2.03. The molecule has 0 aromatic carbocycles. The predicted octanol–water partition coefficient (Wildman–Crippen LogP) is 2.02. The first-order valence-corrected chi connectivity index (χ1v) is 4.49. The minimum absolute atomic E-state index is 0.163. The minimum atomic E-state index is 0.163. The maximum absolute atomic E-state index is 5.80. The average molecular weight is 218 g/mol. The summed E-state index contributed by atoms with van der Waals surface area (Å²) in [6.07, 6.45) is 5.36. The second-order valence-electron chi connectivity index (χ2n) is 2.35. The number of hydrogen-bond acceptors (Lipinski definition) is 3. The summed E-state index contributed by atoms with van der Waals surface area (Å²) in [6, 6.07) is 0. The zero-order valence-electron chi connectivity index (χ0n) is 7.09. The van der Waals surface area contributed by atoms with Crippen LogP contribution in [-0.2, 0) is 0 Å². The smallest absolute Gasteiger partial charge is 0.223 e. The predicted molar refractivity (Wildman–Crippen MR) is 55.0 cm³/mol. The average Bonchev–Trinajstić information content (AvgIpc) is 2.09. The summed E-state index contributed by atoms with van der Waals surface area (Å²) < 4.78 is 0. The number of aromatic nitrogens is 2. The topological polar surface area (TPSA) is 37.8 Å². The van der Waals surface area contributed by atoms with E-state index in [2.05, 4.69) is 15.3 Å². The molecule has 1 aromatic rings. The Labute approximate surface area is 86.8 Å². The molecule has 0 aliphatic heterocycles. The van der Waals surface area contributed by atoms with Crippen molar-refractivity contribution in [2.75, 3.05) is 13.6 Å². The molecule has 1 N–H and O–H groups in total. The molecule has 0 saturated heterocycles. The highest BCUT2D eigenvalue weighted by Gasteiger charge is 1.99. The first kappa shape index (κ1) is 10.4. The van der Waals surface area contributed by atoms with Gasteiger partial charge < -0.3 is 5.32 Å². The Morgan fingerprint density at radius 2 is 2.31 bits per heavy atom. The van der Waals surface area contributed by atoms with Gasteiger partial charge in [-0.3, -0.25) is 0 Å². The molecular weight excluding hydrogens is 209 g/mol. The van der Waals surface area contributed by atoms with Gasteiger partial charge in [0, 0.05) is 18.3 Å². The Morgan fingerprint density at radius 3 is 2.92 bits per heavy atom. The van der Waals surface area contributed by atoms with Crippen LogP contribution in [0.15, 0.2) is 12.3 Å². The van der Waals surface area contributed by atoms with Crippen LogP contribution in [0, 0.1) is 0 Å². The molecule has 0 atom stereocenters. The van der Waals surface area contributed by atoms with Crippen LogP contribution < -0.4 is 5.32 Å². The van der Waals surface area contributed by atoms with Gasteiger partial charge in [-0.05, 0) is 18.6 Å². The maximum Gasteiger partial charge on any atom is 0.223 e. The molecule has 1 heterocycles. The quantitative estimate of drug-likeness (QED) is 0.622. The van der Waals surface area contributed by atoms with E-state index in [9.17, 15) is 0 Å². The van der Waals surface area contributed by atoms with Crippen molar-refractivity contribution in [3.05, 3.63) is 28.3 Å². The summed E-state index contributed by atoms with van der Waals surface area (Å²) >= 11 is 11.3. The lowest BCUT2D eigenvalue weighted by Gasteiger charge is -1.96. The SMILES string of the molecule is CNCC=Cc1cnc(Cl)nc1Cl. The molecule has 0 saturated carbocycles. The summed E-state index contributed by atoms with van der Waals surface area (Å²) in [6.45, 7) is 0.777. The van der Waals surface area contributed by atoms with Gasteiger partial charge in [0.05, 0.1) is 0 Å². The first-order chi connectivity index (χ1) is 6.24. The molecule has 5 heteroatoms. The van der Waals surface area contributed by atoms with E-state index in [4.69, 9.17) is 23.2 Å². The highest BCUT2D eigenvalue weighted by atomic mass is 35.5. The number of nitrogens with zero attached hydrogens (tertiary/aromatic N) is 2. The zero-order valence-corrected chi connectivity index (χ0v) is 8.60. The van der Waals surface area contributed by atoms with Crippen LogP contribution in [0.5, 0.6) is 0 Å². The van der Waals surface area contributed by atoms with Crippen molar-refractivity contribution in [1.82, 2.24) is 15.3 Å². The standard InChI is InChI=1S/C8H9Cl2N3/c1-11-4-2-3-6-5-12-8(10)13-7(6)9/h2-3,5,11H,4H2,1H3.